The molecule has 2 aliphatic rings. The SMILES string of the molecule is Cn1nccc1C1=C[C@H]2CC[C@@H](C1)N2C(=O)Cc1noc2ccc(F)cc12. The fourth-order valence-corrected chi connectivity index (χ4v) is 4.42. The van der Waals surface area contributed by atoms with Gasteiger partial charge in [-0.1, -0.05) is 11.2 Å². The van der Waals surface area contributed by atoms with E-state index < -0.39 is 0 Å². The van der Waals surface area contributed by atoms with Crippen LogP contribution in [0, 0.1) is 5.82 Å². The summed E-state index contributed by atoms with van der Waals surface area (Å²) >= 11 is 0. The monoisotopic (exact) mass is 366 g/mol. The van der Waals surface area contributed by atoms with Crippen molar-refractivity contribution in [2.75, 3.05) is 0 Å². The molecule has 2 aromatic heterocycles. The van der Waals surface area contributed by atoms with Gasteiger partial charge >= 0.3 is 0 Å². The molecule has 1 saturated heterocycles. The molecule has 2 aliphatic heterocycles. The third-order valence-corrected chi connectivity index (χ3v) is 5.66. The summed E-state index contributed by atoms with van der Waals surface area (Å²) in [4.78, 5) is 15.0. The van der Waals surface area contributed by atoms with Crippen molar-refractivity contribution in [1.82, 2.24) is 19.8 Å². The summed E-state index contributed by atoms with van der Waals surface area (Å²) in [5.74, 6) is -0.344. The van der Waals surface area contributed by atoms with Crippen LogP contribution in [0.15, 0.2) is 41.1 Å². The second kappa shape index (κ2) is 6.04. The number of benzene rings is 1. The van der Waals surface area contributed by atoms with Crippen LogP contribution in [0.4, 0.5) is 4.39 Å². The van der Waals surface area contributed by atoms with Crippen molar-refractivity contribution in [1.29, 1.82) is 0 Å². The van der Waals surface area contributed by atoms with Gasteiger partial charge in [0.1, 0.15) is 11.5 Å². The second-order valence-electron chi connectivity index (χ2n) is 7.28. The minimum absolute atomic E-state index is 0.0160. The first kappa shape index (κ1) is 16.2. The summed E-state index contributed by atoms with van der Waals surface area (Å²) in [5, 5.41) is 8.81. The minimum Gasteiger partial charge on any atom is -0.356 e. The maximum atomic E-state index is 13.6. The van der Waals surface area contributed by atoms with Gasteiger partial charge in [-0.3, -0.25) is 9.48 Å². The van der Waals surface area contributed by atoms with Crippen LogP contribution >= 0.6 is 0 Å². The smallest absolute Gasteiger partial charge is 0.229 e. The molecule has 0 radical (unpaired) electrons. The van der Waals surface area contributed by atoms with Crippen LogP contribution in [-0.4, -0.2) is 37.8 Å². The Kier molecular flexibility index (Phi) is 3.63. The van der Waals surface area contributed by atoms with Gasteiger partial charge in [0.25, 0.3) is 0 Å². The van der Waals surface area contributed by atoms with Gasteiger partial charge in [0.05, 0.1) is 18.2 Å². The van der Waals surface area contributed by atoms with Gasteiger partial charge in [0.2, 0.25) is 5.91 Å². The lowest BCUT2D eigenvalue weighted by Crippen LogP contribution is -2.43. The molecule has 0 unspecified atom stereocenters. The van der Waals surface area contributed by atoms with Crippen molar-refractivity contribution in [3.8, 4) is 0 Å². The van der Waals surface area contributed by atoms with Gasteiger partial charge in [-0.05, 0) is 49.1 Å². The summed E-state index contributed by atoms with van der Waals surface area (Å²) in [6, 6.07) is 6.54. The van der Waals surface area contributed by atoms with Crippen LogP contribution in [0.2, 0.25) is 0 Å². The second-order valence-corrected chi connectivity index (χ2v) is 7.28. The van der Waals surface area contributed by atoms with E-state index in [9.17, 15) is 9.18 Å². The van der Waals surface area contributed by atoms with Gasteiger partial charge in [-0.2, -0.15) is 5.10 Å². The molecule has 0 N–H and O–H groups in total. The van der Waals surface area contributed by atoms with Crippen LogP contribution in [0.25, 0.3) is 16.5 Å². The zero-order valence-electron chi connectivity index (χ0n) is 14.9. The predicted octanol–water partition coefficient (Wildman–Crippen LogP) is 3.09. The normalized spacial score (nSPS) is 21.7. The van der Waals surface area contributed by atoms with Gasteiger partial charge in [0.15, 0.2) is 5.58 Å². The first-order valence-corrected chi connectivity index (χ1v) is 9.14. The van der Waals surface area contributed by atoms with E-state index in [-0.39, 0.29) is 30.2 Å². The fourth-order valence-electron chi connectivity index (χ4n) is 4.42. The molecule has 27 heavy (non-hydrogen) atoms. The molecular formula is C20H19FN4O2. The Balaban J connectivity index is 1.40. The highest BCUT2D eigenvalue weighted by atomic mass is 19.1. The number of halogens is 1. The third kappa shape index (κ3) is 2.65. The fraction of sp³-hybridized carbons (Fsp3) is 0.350. The Labute approximate surface area is 155 Å². The molecule has 138 valence electrons. The standard InChI is InChI=1S/C20H19FN4O2/c1-24-18(6-7-22-24)12-8-14-3-4-15(9-12)25(14)20(26)11-17-16-10-13(21)2-5-19(16)27-23-17/h2,5-8,10,14-15H,3-4,9,11H2,1H3/t14-,15+/m1/s1. The Bertz CT molecular complexity index is 1070. The largest absolute Gasteiger partial charge is 0.356 e. The van der Waals surface area contributed by atoms with Crippen molar-refractivity contribution in [3.63, 3.8) is 0 Å². The van der Waals surface area contributed by atoms with Crippen LogP contribution in [0.5, 0.6) is 0 Å². The molecule has 1 aromatic carbocycles. The topological polar surface area (TPSA) is 64.2 Å². The molecule has 0 aliphatic carbocycles. The number of amides is 1. The lowest BCUT2D eigenvalue weighted by atomic mass is 9.97. The van der Waals surface area contributed by atoms with Gasteiger partial charge in [-0.25, -0.2) is 4.39 Å². The highest BCUT2D eigenvalue weighted by molar-refractivity contribution is 5.87. The molecule has 1 fully saturated rings. The van der Waals surface area contributed by atoms with E-state index in [1.54, 1.807) is 12.3 Å². The van der Waals surface area contributed by atoms with Crippen LogP contribution in [-0.2, 0) is 18.3 Å². The van der Waals surface area contributed by atoms with Crippen LogP contribution in [0.1, 0.15) is 30.7 Å². The summed E-state index contributed by atoms with van der Waals surface area (Å²) < 4.78 is 20.7. The Morgan fingerprint density at radius 1 is 1.33 bits per heavy atom. The van der Waals surface area contributed by atoms with Crippen molar-refractivity contribution < 1.29 is 13.7 Å². The molecular weight excluding hydrogens is 347 g/mol. The summed E-state index contributed by atoms with van der Waals surface area (Å²) in [5.41, 5.74) is 3.35. The number of aryl methyl sites for hydroxylation is 1. The summed E-state index contributed by atoms with van der Waals surface area (Å²) in [7, 11) is 1.93. The number of nitrogens with zero attached hydrogens (tertiary/aromatic N) is 4. The molecule has 0 saturated carbocycles. The van der Waals surface area contributed by atoms with Crippen molar-refractivity contribution in [2.45, 2.75) is 37.8 Å². The average molecular weight is 366 g/mol. The molecule has 2 bridgehead atoms. The third-order valence-electron chi connectivity index (χ3n) is 5.66. The zero-order chi connectivity index (χ0) is 18.5. The van der Waals surface area contributed by atoms with Gasteiger partial charge in [-0.15, -0.1) is 0 Å². The number of aromatic nitrogens is 3. The number of rotatable bonds is 3. The number of carbonyl (C=O) groups excluding carboxylic acids is 1. The Morgan fingerprint density at radius 3 is 3.00 bits per heavy atom. The van der Waals surface area contributed by atoms with E-state index in [0.717, 1.165) is 25.0 Å². The zero-order valence-corrected chi connectivity index (χ0v) is 14.9. The minimum atomic E-state index is -0.360. The number of hydrogen-bond donors (Lipinski definition) is 0. The Morgan fingerprint density at radius 2 is 2.22 bits per heavy atom. The number of carbonyl (C=O) groups is 1. The maximum Gasteiger partial charge on any atom is 0.229 e. The lowest BCUT2D eigenvalue weighted by molar-refractivity contribution is -0.132. The first-order chi connectivity index (χ1) is 13.1. The predicted molar refractivity (Wildman–Crippen MR) is 97.1 cm³/mol. The summed E-state index contributed by atoms with van der Waals surface area (Å²) in [6.07, 6.45) is 6.89. The molecule has 5 rings (SSSR count). The van der Waals surface area contributed by atoms with E-state index in [1.807, 2.05) is 22.7 Å². The number of hydrogen-bond acceptors (Lipinski definition) is 4. The van der Waals surface area contributed by atoms with E-state index in [0.29, 0.717) is 16.7 Å². The highest BCUT2D eigenvalue weighted by Crippen LogP contribution is 2.38. The number of fused-ring (bicyclic) bond motifs is 3. The molecule has 2 atom stereocenters. The maximum absolute atomic E-state index is 13.6. The van der Waals surface area contributed by atoms with Gasteiger partial charge in [0, 0.05) is 24.7 Å². The van der Waals surface area contributed by atoms with E-state index in [4.69, 9.17) is 4.52 Å². The first-order valence-electron chi connectivity index (χ1n) is 9.14. The van der Waals surface area contributed by atoms with Crippen LogP contribution in [0.3, 0.4) is 0 Å². The molecule has 6 nitrogen and oxygen atoms in total. The lowest BCUT2D eigenvalue weighted by Gasteiger charge is -2.34. The van der Waals surface area contributed by atoms with E-state index in [2.05, 4.69) is 16.3 Å². The van der Waals surface area contributed by atoms with E-state index >= 15 is 0 Å². The molecule has 4 heterocycles. The van der Waals surface area contributed by atoms with Gasteiger partial charge < -0.3 is 9.42 Å². The molecule has 0 spiro atoms. The van der Waals surface area contributed by atoms with Crippen molar-refractivity contribution in [3.05, 3.63) is 53.7 Å². The summed E-state index contributed by atoms with van der Waals surface area (Å²) in [6.45, 7) is 0. The average Bonchev–Trinajstić information content (AvgIpc) is 3.32. The van der Waals surface area contributed by atoms with Crippen LogP contribution < -0.4 is 0 Å². The highest BCUT2D eigenvalue weighted by Gasteiger charge is 2.40. The molecule has 7 heteroatoms. The molecule has 3 aromatic rings. The van der Waals surface area contributed by atoms with E-state index in [1.165, 1.54) is 17.7 Å². The van der Waals surface area contributed by atoms with Crippen molar-refractivity contribution >= 4 is 22.4 Å². The molecule has 1 amide bonds. The van der Waals surface area contributed by atoms with Crippen molar-refractivity contribution in [2.24, 2.45) is 7.05 Å². The Hall–Kier alpha value is -2.96. The quantitative estimate of drug-likeness (QED) is 0.715.